The average molecular weight is 273 g/mol. The zero-order valence-corrected chi connectivity index (χ0v) is 12.9. The van der Waals surface area contributed by atoms with Gasteiger partial charge >= 0.3 is 0 Å². The van der Waals surface area contributed by atoms with E-state index in [0.717, 1.165) is 0 Å². The van der Waals surface area contributed by atoms with Crippen LogP contribution in [-0.4, -0.2) is 7.05 Å². The molecule has 2 aromatic rings. The minimum Gasteiger partial charge on any atom is -0.313 e. The van der Waals surface area contributed by atoms with Crippen molar-refractivity contribution in [3.8, 4) is 10.4 Å². The van der Waals surface area contributed by atoms with Gasteiger partial charge in [-0.05, 0) is 50.1 Å². The van der Waals surface area contributed by atoms with Crippen LogP contribution in [0.4, 0.5) is 0 Å². The molecule has 2 rings (SSSR count). The maximum absolute atomic E-state index is 3.29. The molecule has 1 N–H and O–H groups in total. The molecule has 1 unspecified atom stereocenters. The third-order valence-corrected chi connectivity index (χ3v) is 4.86. The smallest absolute Gasteiger partial charge is 0.0383 e. The fourth-order valence-electron chi connectivity index (χ4n) is 2.10. The third-order valence-electron chi connectivity index (χ3n) is 3.54. The highest BCUT2D eigenvalue weighted by atomic mass is 32.1. The van der Waals surface area contributed by atoms with Crippen LogP contribution in [0.25, 0.3) is 10.4 Å². The molecule has 0 radical (unpaired) electrons. The van der Waals surface area contributed by atoms with E-state index in [9.17, 15) is 0 Å². The second-order valence-corrected chi connectivity index (χ2v) is 6.13. The van der Waals surface area contributed by atoms with Crippen molar-refractivity contribution in [3.63, 3.8) is 0 Å². The van der Waals surface area contributed by atoms with Gasteiger partial charge in [-0.25, -0.2) is 0 Å². The van der Waals surface area contributed by atoms with Gasteiger partial charge < -0.3 is 5.32 Å². The number of aryl methyl sites for hydroxylation is 1. The van der Waals surface area contributed by atoms with Gasteiger partial charge in [-0.2, -0.15) is 0 Å². The lowest BCUT2D eigenvalue weighted by Crippen LogP contribution is -2.10. The second kappa shape index (κ2) is 6.88. The highest BCUT2D eigenvalue weighted by Gasteiger charge is 2.07. The molecule has 1 heterocycles. The van der Waals surface area contributed by atoms with E-state index in [1.807, 2.05) is 18.4 Å². The lowest BCUT2D eigenvalue weighted by Gasteiger charge is -2.06. The first-order valence-corrected chi connectivity index (χ1v) is 7.92. The lowest BCUT2D eigenvalue weighted by molar-refractivity contribution is 0.664. The molecule has 0 amide bonds. The predicted molar refractivity (Wildman–Crippen MR) is 85.8 cm³/mol. The van der Waals surface area contributed by atoms with Crippen molar-refractivity contribution in [1.29, 1.82) is 0 Å². The second-order valence-electron chi connectivity index (χ2n) is 5.01. The molecule has 102 valence electrons. The standard InChI is InChI=1S/C17H23NS/c1-4-5-6-14-7-9-15(10-8-14)17-12-11-16(19-17)13(2)18-3/h7-13,18H,4-6H2,1-3H3. The van der Waals surface area contributed by atoms with Gasteiger partial charge in [0.25, 0.3) is 0 Å². The van der Waals surface area contributed by atoms with Crippen LogP contribution in [0.5, 0.6) is 0 Å². The van der Waals surface area contributed by atoms with Gasteiger partial charge in [0.15, 0.2) is 0 Å². The molecule has 0 bridgehead atoms. The van der Waals surface area contributed by atoms with Gasteiger partial charge in [0.2, 0.25) is 0 Å². The van der Waals surface area contributed by atoms with Crippen molar-refractivity contribution in [1.82, 2.24) is 5.32 Å². The molecule has 1 atom stereocenters. The van der Waals surface area contributed by atoms with Crippen LogP contribution in [-0.2, 0) is 6.42 Å². The Hall–Kier alpha value is -1.12. The highest BCUT2D eigenvalue weighted by molar-refractivity contribution is 7.15. The largest absolute Gasteiger partial charge is 0.313 e. The number of thiophene rings is 1. The molecule has 0 saturated heterocycles. The predicted octanol–water partition coefficient (Wildman–Crippen LogP) is 5.04. The SMILES string of the molecule is CCCCc1ccc(-c2ccc(C(C)NC)s2)cc1. The Morgan fingerprint density at radius 2 is 1.84 bits per heavy atom. The molecule has 0 saturated carbocycles. The summed E-state index contributed by atoms with van der Waals surface area (Å²) in [6.45, 7) is 4.44. The van der Waals surface area contributed by atoms with Crippen LogP contribution in [0.2, 0.25) is 0 Å². The summed E-state index contributed by atoms with van der Waals surface area (Å²) in [6.07, 6.45) is 3.74. The Bertz CT molecular complexity index is 498. The topological polar surface area (TPSA) is 12.0 Å². The summed E-state index contributed by atoms with van der Waals surface area (Å²) in [7, 11) is 2.01. The molecule has 0 aliphatic heterocycles. The Labute approximate surface area is 120 Å². The summed E-state index contributed by atoms with van der Waals surface area (Å²) in [5, 5.41) is 3.29. The Kier molecular flexibility index (Phi) is 5.17. The van der Waals surface area contributed by atoms with Crippen molar-refractivity contribution >= 4 is 11.3 Å². The monoisotopic (exact) mass is 273 g/mol. The molecule has 0 aliphatic carbocycles. The Balaban J connectivity index is 2.11. The van der Waals surface area contributed by atoms with E-state index in [0.29, 0.717) is 6.04 Å². The van der Waals surface area contributed by atoms with Crippen molar-refractivity contribution < 1.29 is 0 Å². The van der Waals surface area contributed by atoms with Gasteiger partial charge in [0.1, 0.15) is 0 Å². The molecule has 0 fully saturated rings. The minimum absolute atomic E-state index is 0.433. The molecule has 0 spiro atoms. The number of hydrogen-bond donors (Lipinski definition) is 1. The first-order chi connectivity index (χ1) is 9.24. The number of benzene rings is 1. The minimum atomic E-state index is 0.433. The summed E-state index contributed by atoms with van der Waals surface area (Å²) in [5.41, 5.74) is 2.78. The molecule has 0 aliphatic rings. The highest BCUT2D eigenvalue weighted by Crippen LogP contribution is 2.31. The van der Waals surface area contributed by atoms with Crippen molar-refractivity contribution in [2.45, 2.75) is 39.2 Å². The maximum atomic E-state index is 3.29. The quantitative estimate of drug-likeness (QED) is 0.777. The van der Waals surface area contributed by atoms with E-state index in [-0.39, 0.29) is 0 Å². The fourth-order valence-corrected chi connectivity index (χ4v) is 3.17. The van der Waals surface area contributed by atoms with E-state index < -0.39 is 0 Å². The van der Waals surface area contributed by atoms with Gasteiger partial charge in [-0.3, -0.25) is 0 Å². The van der Waals surface area contributed by atoms with Crippen LogP contribution in [0.3, 0.4) is 0 Å². The summed E-state index contributed by atoms with van der Waals surface area (Å²) in [5.74, 6) is 0. The molecule has 19 heavy (non-hydrogen) atoms. The summed E-state index contributed by atoms with van der Waals surface area (Å²) < 4.78 is 0. The average Bonchev–Trinajstić information content (AvgIpc) is 2.94. The molecule has 1 nitrogen and oxygen atoms in total. The molecular weight excluding hydrogens is 250 g/mol. The van der Waals surface area contributed by atoms with Crippen molar-refractivity contribution in [2.24, 2.45) is 0 Å². The number of rotatable bonds is 6. The van der Waals surface area contributed by atoms with Crippen LogP contribution in [0, 0.1) is 0 Å². The van der Waals surface area contributed by atoms with Crippen LogP contribution >= 0.6 is 11.3 Å². The third kappa shape index (κ3) is 3.68. The van der Waals surface area contributed by atoms with Crippen molar-refractivity contribution in [2.75, 3.05) is 7.05 Å². The molecule has 1 aromatic heterocycles. The van der Waals surface area contributed by atoms with Crippen LogP contribution in [0.1, 0.15) is 43.2 Å². The summed E-state index contributed by atoms with van der Waals surface area (Å²) in [6, 6.07) is 13.9. The molecule has 1 aromatic carbocycles. The van der Waals surface area contributed by atoms with Gasteiger partial charge in [0, 0.05) is 15.8 Å². The molecule has 2 heteroatoms. The first-order valence-electron chi connectivity index (χ1n) is 7.11. The van der Waals surface area contributed by atoms with E-state index in [1.165, 1.54) is 40.1 Å². The van der Waals surface area contributed by atoms with E-state index in [1.54, 1.807) is 0 Å². The van der Waals surface area contributed by atoms with Gasteiger partial charge in [-0.15, -0.1) is 11.3 Å². The lowest BCUT2D eigenvalue weighted by atomic mass is 10.1. The number of hydrogen-bond acceptors (Lipinski definition) is 2. The van der Waals surface area contributed by atoms with Gasteiger partial charge in [0.05, 0.1) is 0 Å². The number of unbranched alkanes of at least 4 members (excludes halogenated alkanes) is 1. The zero-order chi connectivity index (χ0) is 13.7. The molecular formula is C17H23NS. The van der Waals surface area contributed by atoms with E-state index in [4.69, 9.17) is 0 Å². The van der Waals surface area contributed by atoms with Crippen LogP contribution < -0.4 is 5.32 Å². The normalized spacial score (nSPS) is 12.6. The first kappa shape index (κ1) is 14.3. The Morgan fingerprint density at radius 3 is 2.47 bits per heavy atom. The fraction of sp³-hybridized carbons (Fsp3) is 0.412. The van der Waals surface area contributed by atoms with E-state index >= 15 is 0 Å². The van der Waals surface area contributed by atoms with Gasteiger partial charge in [-0.1, -0.05) is 37.6 Å². The summed E-state index contributed by atoms with van der Waals surface area (Å²) >= 11 is 1.88. The maximum Gasteiger partial charge on any atom is 0.0383 e. The Morgan fingerprint density at radius 1 is 1.11 bits per heavy atom. The van der Waals surface area contributed by atoms with Crippen LogP contribution in [0.15, 0.2) is 36.4 Å². The van der Waals surface area contributed by atoms with E-state index in [2.05, 4.69) is 55.6 Å². The zero-order valence-electron chi connectivity index (χ0n) is 12.1. The number of nitrogens with one attached hydrogen (secondary N) is 1. The van der Waals surface area contributed by atoms with Crippen molar-refractivity contribution in [3.05, 3.63) is 46.8 Å². The summed E-state index contributed by atoms with van der Waals surface area (Å²) in [4.78, 5) is 2.76.